The van der Waals surface area contributed by atoms with E-state index in [2.05, 4.69) is 10.5 Å². The zero-order valence-electron chi connectivity index (χ0n) is 11.1. The number of benzene rings is 2. The van der Waals surface area contributed by atoms with E-state index in [1.807, 2.05) is 30.3 Å². The second-order valence-corrected chi connectivity index (χ2v) is 4.52. The van der Waals surface area contributed by atoms with E-state index in [1.165, 1.54) is 0 Å². The fraction of sp³-hybridized carbons (Fsp3) is 0. The van der Waals surface area contributed by atoms with Crippen LogP contribution in [0, 0.1) is 0 Å². The zero-order chi connectivity index (χ0) is 14.7. The molecule has 3 rings (SSSR count). The first-order chi connectivity index (χ1) is 10.2. The maximum atomic E-state index is 12.1. The van der Waals surface area contributed by atoms with Gasteiger partial charge in [0, 0.05) is 22.9 Å². The summed E-state index contributed by atoms with van der Waals surface area (Å²) in [7, 11) is 0. The molecule has 3 N–H and O–H groups in total. The minimum absolute atomic E-state index is 0.293. The molecule has 3 aromatic rings. The number of carbonyl (C=O) groups is 1. The molecular weight excluding hydrogens is 266 g/mol. The van der Waals surface area contributed by atoms with Gasteiger partial charge in [-0.2, -0.15) is 0 Å². The van der Waals surface area contributed by atoms with Gasteiger partial charge >= 0.3 is 0 Å². The lowest BCUT2D eigenvalue weighted by molar-refractivity contribution is 0.102. The molecule has 104 valence electrons. The Hall–Kier alpha value is -3.08. The molecule has 0 bridgehead atoms. The topological polar surface area (TPSA) is 81.2 Å². The Morgan fingerprint density at radius 1 is 1.05 bits per heavy atom. The summed E-state index contributed by atoms with van der Waals surface area (Å²) in [6, 6.07) is 18.0. The summed E-state index contributed by atoms with van der Waals surface area (Å²) in [4.78, 5) is 12.1. The van der Waals surface area contributed by atoms with Crippen molar-refractivity contribution in [3.8, 4) is 11.3 Å². The molecule has 0 aliphatic carbocycles. The highest BCUT2D eigenvalue weighted by Gasteiger charge is 2.11. The van der Waals surface area contributed by atoms with Crippen LogP contribution in [0.1, 0.15) is 10.4 Å². The Morgan fingerprint density at radius 2 is 1.86 bits per heavy atom. The minimum Gasteiger partial charge on any atom is -0.399 e. The number of hydrogen-bond acceptors (Lipinski definition) is 4. The number of amides is 1. The Balaban J connectivity index is 1.77. The average Bonchev–Trinajstić information content (AvgIpc) is 2.97. The molecule has 0 fully saturated rings. The van der Waals surface area contributed by atoms with Gasteiger partial charge in [0.25, 0.3) is 5.91 Å². The van der Waals surface area contributed by atoms with E-state index in [9.17, 15) is 4.79 Å². The fourth-order valence-electron chi connectivity index (χ4n) is 1.94. The third kappa shape index (κ3) is 2.92. The Morgan fingerprint density at radius 3 is 2.62 bits per heavy atom. The van der Waals surface area contributed by atoms with E-state index in [1.54, 1.807) is 30.3 Å². The van der Waals surface area contributed by atoms with Crippen molar-refractivity contribution >= 4 is 17.5 Å². The predicted molar refractivity (Wildman–Crippen MR) is 80.7 cm³/mol. The fourth-order valence-corrected chi connectivity index (χ4v) is 1.94. The molecule has 5 heteroatoms. The van der Waals surface area contributed by atoms with Crippen molar-refractivity contribution in [3.05, 3.63) is 66.2 Å². The van der Waals surface area contributed by atoms with E-state index >= 15 is 0 Å². The lowest BCUT2D eigenvalue weighted by Crippen LogP contribution is -2.11. The van der Waals surface area contributed by atoms with E-state index in [0.717, 1.165) is 5.56 Å². The van der Waals surface area contributed by atoms with Crippen LogP contribution in [0.15, 0.2) is 65.2 Å². The highest BCUT2D eigenvalue weighted by Crippen LogP contribution is 2.21. The van der Waals surface area contributed by atoms with Crippen LogP contribution in [-0.4, -0.2) is 11.1 Å². The van der Waals surface area contributed by atoms with E-state index in [-0.39, 0.29) is 5.91 Å². The van der Waals surface area contributed by atoms with Gasteiger partial charge in [-0.1, -0.05) is 41.6 Å². The lowest BCUT2D eigenvalue weighted by atomic mass is 10.1. The van der Waals surface area contributed by atoms with Crippen LogP contribution in [0.4, 0.5) is 11.6 Å². The SMILES string of the molecule is Nc1cccc(C(=O)Nc2cc(-c3ccccc3)no2)c1. The van der Waals surface area contributed by atoms with Gasteiger partial charge in [0.2, 0.25) is 5.88 Å². The molecule has 1 amide bonds. The number of rotatable bonds is 3. The summed E-state index contributed by atoms with van der Waals surface area (Å²) in [5, 5.41) is 6.59. The first-order valence-electron chi connectivity index (χ1n) is 6.41. The van der Waals surface area contributed by atoms with Gasteiger partial charge in [-0.05, 0) is 18.2 Å². The van der Waals surface area contributed by atoms with Gasteiger partial charge in [-0.15, -0.1) is 0 Å². The summed E-state index contributed by atoms with van der Waals surface area (Å²) in [5.41, 5.74) is 8.24. The van der Waals surface area contributed by atoms with Crippen molar-refractivity contribution in [2.24, 2.45) is 0 Å². The monoisotopic (exact) mass is 279 g/mol. The molecule has 2 aromatic carbocycles. The van der Waals surface area contributed by atoms with Crippen LogP contribution in [0.3, 0.4) is 0 Å². The molecule has 1 heterocycles. The molecule has 0 aliphatic heterocycles. The van der Waals surface area contributed by atoms with Gasteiger partial charge in [-0.25, -0.2) is 0 Å². The van der Waals surface area contributed by atoms with Crippen molar-refractivity contribution in [1.29, 1.82) is 0 Å². The number of nitrogen functional groups attached to an aromatic ring is 1. The Labute approximate surface area is 121 Å². The van der Waals surface area contributed by atoms with Crippen molar-refractivity contribution in [2.45, 2.75) is 0 Å². The van der Waals surface area contributed by atoms with Crippen LogP contribution < -0.4 is 11.1 Å². The smallest absolute Gasteiger partial charge is 0.258 e. The minimum atomic E-state index is -0.293. The summed E-state index contributed by atoms with van der Waals surface area (Å²) in [5.74, 6) is -0.000612. The summed E-state index contributed by atoms with van der Waals surface area (Å²) in [6.07, 6.45) is 0. The number of aromatic nitrogens is 1. The molecular formula is C16H13N3O2. The summed E-state index contributed by atoms with van der Waals surface area (Å²) >= 11 is 0. The van der Waals surface area contributed by atoms with Gasteiger partial charge in [0.05, 0.1) is 0 Å². The maximum Gasteiger partial charge on any atom is 0.258 e. The van der Waals surface area contributed by atoms with Crippen LogP contribution >= 0.6 is 0 Å². The quantitative estimate of drug-likeness (QED) is 0.721. The van der Waals surface area contributed by atoms with E-state index in [4.69, 9.17) is 10.3 Å². The molecule has 0 saturated heterocycles. The number of nitrogens with one attached hydrogen (secondary N) is 1. The van der Waals surface area contributed by atoms with Crippen molar-refractivity contribution in [2.75, 3.05) is 11.1 Å². The lowest BCUT2D eigenvalue weighted by Gasteiger charge is -2.01. The second-order valence-electron chi connectivity index (χ2n) is 4.52. The number of nitrogens with zero attached hydrogens (tertiary/aromatic N) is 1. The highest BCUT2D eigenvalue weighted by molar-refractivity contribution is 6.04. The standard InChI is InChI=1S/C16H13N3O2/c17-13-8-4-7-12(9-13)16(20)18-15-10-14(19-21-15)11-5-2-1-3-6-11/h1-10H,17H2,(H,18,20). The molecule has 0 unspecified atom stereocenters. The number of hydrogen-bond donors (Lipinski definition) is 2. The second kappa shape index (κ2) is 5.50. The summed E-state index contributed by atoms with van der Waals surface area (Å²) in [6.45, 7) is 0. The molecule has 1 aromatic heterocycles. The molecule has 0 radical (unpaired) electrons. The van der Waals surface area contributed by atoms with E-state index < -0.39 is 0 Å². The van der Waals surface area contributed by atoms with Crippen molar-refractivity contribution in [3.63, 3.8) is 0 Å². The largest absolute Gasteiger partial charge is 0.399 e. The molecule has 21 heavy (non-hydrogen) atoms. The first kappa shape index (κ1) is 12.9. The van der Waals surface area contributed by atoms with Crippen LogP contribution in [0.5, 0.6) is 0 Å². The van der Waals surface area contributed by atoms with Crippen LogP contribution in [-0.2, 0) is 0 Å². The maximum absolute atomic E-state index is 12.1. The summed E-state index contributed by atoms with van der Waals surface area (Å²) < 4.78 is 5.13. The first-order valence-corrected chi connectivity index (χ1v) is 6.41. The highest BCUT2D eigenvalue weighted by atomic mass is 16.5. The normalized spacial score (nSPS) is 10.3. The van der Waals surface area contributed by atoms with Crippen LogP contribution in [0.2, 0.25) is 0 Å². The predicted octanol–water partition coefficient (Wildman–Crippen LogP) is 3.18. The third-order valence-corrected chi connectivity index (χ3v) is 2.97. The van der Waals surface area contributed by atoms with Crippen molar-refractivity contribution in [1.82, 2.24) is 5.16 Å². The molecule has 0 saturated carbocycles. The van der Waals surface area contributed by atoms with Gasteiger partial charge < -0.3 is 10.3 Å². The number of anilines is 2. The van der Waals surface area contributed by atoms with E-state index in [0.29, 0.717) is 22.8 Å². The zero-order valence-corrected chi connectivity index (χ0v) is 11.1. The third-order valence-electron chi connectivity index (χ3n) is 2.97. The molecule has 0 atom stereocenters. The number of carbonyl (C=O) groups excluding carboxylic acids is 1. The van der Waals surface area contributed by atoms with Crippen LogP contribution in [0.25, 0.3) is 11.3 Å². The van der Waals surface area contributed by atoms with Gasteiger partial charge in [0.1, 0.15) is 5.69 Å². The Kier molecular flexibility index (Phi) is 3.39. The average molecular weight is 279 g/mol. The van der Waals surface area contributed by atoms with Crippen molar-refractivity contribution < 1.29 is 9.32 Å². The molecule has 5 nitrogen and oxygen atoms in total. The Bertz CT molecular complexity index is 766. The number of nitrogens with two attached hydrogens (primary N) is 1. The van der Waals surface area contributed by atoms with Gasteiger partial charge in [0.15, 0.2) is 0 Å². The molecule has 0 spiro atoms. The van der Waals surface area contributed by atoms with Gasteiger partial charge in [-0.3, -0.25) is 10.1 Å². The molecule has 0 aliphatic rings.